The fraction of sp³-hybridized carbons (Fsp3) is 0. The average molecular weight is 769 g/mol. The van der Waals surface area contributed by atoms with Crippen LogP contribution >= 0.6 is 11.3 Å². The van der Waals surface area contributed by atoms with Crippen molar-refractivity contribution in [3.8, 4) is 27.9 Å². The van der Waals surface area contributed by atoms with Crippen LogP contribution in [-0.4, -0.2) is 4.57 Å². The highest BCUT2D eigenvalue weighted by Crippen LogP contribution is 2.46. The molecule has 0 aliphatic rings. The predicted octanol–water partition coefficient (Wildman–Crippen LogP) is 16.3. The molecular formula is C56H36N2S. The molecule has 59 heavy (non-hydrogen) atoms. The Labute approximate surface area is 346 Å². The number of anilines is 3. The van der Waals surface area contributed by atoms with Crippen molar-refractivity contribution < 1.29 is 0 Å². The van der Waals surface area contributed by atoms with E-state index in [1.165, 1.54) is 85.8 Å². The first kappa shape index (κ1) is 33.7. The number of hydrogen-bond donors (Lipinski definition) is 0. The third-order valence-corrected chi connectivity index (χ3v) is 13.1. The first-order valence-electron chi connectivity index (χ1n) is 20.2. The van der Waals surface area contributed by atoms with Gasteiger partial charge in [0.2, 0.25) is 0 Å². The van der Waals surface area contributed by atoms with E-state index in [1.807, 2.05) is 11.3 Å². The summed E-state index contributed by atoms with van der Waals surface area (Å²) >= 11 is 1.87. The van der Waals surface area contributed by atoms with E-state index in [9.17, 15) is 0 Å². The third kappa shape index (κ3) is 5.40. The summed E-state index contributed by atoms with van der Waals surface area (Å²) in [4.78, 5) is 2.45. The van der Waals surface area contributed by atoms with E-state index in [0.29, 0.717) is 0 Å². The van der Waals surface area contributed by atoms with Gasteiger partial charge in [-0.3, -0.25) is 0 Å². The number of fused-ring (bicyclic) bond motifs is 9. The lowest BCUT2D eigenvalue weighted by Gasteiger charge is -2.28. The van der Waals surface area contributed by atoms with Gasteiger partial charge < -0.3 is 9.47 Å². The zero-order chi connectivity index (χ0) is 38.9. The van der Waals surface area contributed by atoms with Crippen molar-refractivity contribution in [2.45, 2.75) is 0 Å². The molecule has 12 aromatic rings. The van der Waals surface area contributed by atoms with Crippen LogP contribution in [0, 0.1) is 0 Å². The molecule has 0 fully saturated rings. The van der Waals surface area contributed by atoms with Gasteiger partial charge in [-0.15, -0.1) is 11.3 Å². The van der Waals surface area contributed by atoms with Crippen LogP contribution in [0.15, 0.2) is 218 Å². The molecule has 276 valence electrons. The van der Waals surface area contributed by atoms with E-state index in [2.05, 4.69) is 228 Å². The van der Waals surface area contributed by atoms with Crippen LogP contribution in [0.2, 0.25) is 0 Å². The van der Waals surface area contributed by atoms with Crippen molar-refractivity contribution in [3.63, 3.8) is 0 Å². The molecule has 2 heterocycles. The van der Waals surface area contributed by atoms with Crippen molar-refractivity contribution in [2.75, 3.05) is 4.90 Å². The molecule has 10 aromatic carbocycles. The Bertz CT molecular complexity index is 3500. The zero-order valence-corrected chi connectivity index (χ0v) is 32.9. The lowest BCUT2D eigenvalue weighted by molar-refractivity contribution is 1.15. The Morgan fingerprint density at radius 3 is 1.68 bits per heavy atom. The maximum atomic E-state index is 2.45. The van der Waals surface area contributed by atoms with E-state index in [-0.39, 0.29) is 0 Å². The monoisotopic (exact) mass is 768 g/mol. The van der Waals surface area contributed by atoms with E-state index in [1.54, 1.807) is 0 Å². The van der Waals surface area contributed by atoms with Gasteiger partial charge in [-0.05, 0) is 104 Å². The fourth-order valence-electron chi connectivity index (χ4n) is 9.36. The van der Waals surface area contributed by atoms with Gasteiger partial charge in [-0.2, -0.15) is 0 Å². The number of hydrogen-bond acceptors (Lipinski definition) is 2. The summed E-state index contributed by atoms with van der Waals surface area (Å²) in [5.41, 5.74) is 11.7. The molecule has 12 rings (SSSR count). The molecule has 0 bridgehead atoms. The van der Waals surface area contributed by atoms with E-state index in [4.69, 9.17) is 0 Å². The highest BCUT2D eigenvalue weighted by Gasteiger charge is 2.22. The van der Waals surface area contributed by atoms with Gasteiger partial charge >= 0.3 is 0 Å². The molecule has 0 atom stereocenters. The van der Waals surface area contributed by atoms with Crippen molar-refractivity contribution in [1.29, 1.82) is 0 Å². The van der Waals surface area contributed by atoms with Gasteiger partial charge in [-0.1, -0.05) is 158 Å². The lowest BCUT2D eigenvalue weighted by Crippen LogP contribution is -2.13. The standard InChI is InChI=1S/C56H36N2S/c1-2-14-37(15-3-1)43-22-12-17-40-18-13-23-44(55(40)43)39-28-31-41(32-29-39)57(42-33-35-53-48(36-42)56-45-19-5-4-16-38(45)30-34-54(56)59-53)51-26-10-11-27-52(51)58-49-24-8-6-20-46(49)47-21-7-9-25-50(47)58/h1-36H. The van der Waals surface area contributed by atoms with Crippen molar-refractivity contribution >= 4 is 91.9 Å². The molecule has 0 radical (unpaired) electrons. The third-order valence-electron chi connectivity index (χ3n) is 12.0. The largest absolute Gasteiger partial charge is 0.308 e. The minimum absolute atomic E-state index is 1.09. The molecule has 0 spiro atoms. The molecule has 0 aliphatic carbocycles. The zero-order valence-electron chi connectivity index (χ0n) is 32.1. The molecule has 2 nitrogen and oxygen atoms in total. The maximum Gasteiger partial charge on any atom is 0.0702 e. The topological polar surface area (TPSA) is 8.17 Å². The number of aromatic nitrogens is 1. The van der Waals surface area contributed by atoms with Gasteiger partial charge in [0.15, 0.2) is 0 Å². The molecule has 3 heteroatoms. The van der Waals surface area contributed by atoms with Crippen molar-refractivity contribution in [1.82, 2.24) is 4.57 Å². The molecule has 2 aromatic heterocycles. The first-order valence-corrected chi connectivity index (χ1v) is 21.0. The maximum absolute atomic E-state index is 2.45. The van der Waals surface area contributed by atoms with Crippen LogP contribution in [0.1, 0.15) is 0 Å². The van der Waals surface area contributed by atoms with Crippen LogP contribution in [0.4, 0.5) is 17.1 Å². The highest BCUT2D eigenvalue weighted by atomic mass is 32.1. The van der Waals surface area contributed by atoms with Crippen LogP contribution < -0.4 is 4.90 Å². The Morgan fingerprint density at radius 1 is 0.356 bits per heavy atom. The van der Waals surface area contributed by atoms with Gasteiger partial charge in [0.1, 0.15) is 0 Å². The summed E-state index contributed by atoms with van der Waals surface area (Å²) in [5.74, 6) is 0. The van der Waals surface area contributed by atoms with Crippen LogP contribution in [0.5, 0.6) is 0 Å². The molecule has 0 N–H and O–H groups in total. The van der Waals surface area contributed by atoms with Crippen molar-refractivity contribution in [3.05, 3.63) is 218 Å². The van der Waals surface area contributed by atoms with E-state index < -0.39 is 0 Å². The van der Waals surface area contributed by atoms with E-state index in [0.717, 1.165) is 22.7 Å². The molecule has 0 amide bonds. The van der Waals surface area contributed by atoms with Crippen molar-refractivity contribution in [2.24, 2.45) is 0 Å². The summed E-state index contributed by atoms with van der Waals surface area (Å²) in [7, 11) is 0. The van der Waals surface area contributed by atoms with Crippen LogP contribution in [0.3, 0.4) is 0 Å². The smallest absolute Gasteiger partial charge is 0.0702 e. The molecule has 0 saturated heterocycles. The number of rotatable bonds is 6. The minimum atomic E-state index is 1.09. The normalized spacial score (nSPS) is 11.7. The summed E-state index contributed by atoms with van der Waals surface area (Å²) in [6.45, 7) is 0. The highest BCUT2D eigenvalue weighted by molar-refractivity contribution is 7.26. The summed E-state index contributed by atoms with van der Waals surface area (Å²) < 4.78 is 5.04. The van der Waals surface area contributed by atoms with Gasteiger partial charge in [-0.25, -0.2) is 0 Å². The predicted molar refractivity (Wildman–Crippen MR) is 254 cm³/mol. The second kappa shape index (κ2) is 13.6. The molecular weight excluding hydrogens is 733 g/mol. The van der Waals surface area contributed by atoms with Gasteiger partial charge in [0.25, 0.3) is 0 Å². The van der Waals surface area contributed by atoms with Gasteiger partial charge in [0, 0.05) is 42.3 Å². The number of benzene rings is 10. The fourth-order valence-corrected chi connectivity index (χ4v) is 10.5. The Balaban J connectivity index is 1.09. The summed E-state index contributed by atoms with van der Waals surface area (Å²) in [6, 6.07) is 80.0. The first-order chi connectivity index (χ1) is 29.3. The Kier molecular flexibility index (Phi) is 7.75. The second-order valence-electron chi connectivity index (χ2n) is 15.3. The Morgan fingerprint density at radius 2 is 0.932 bits per heavy atom. The summed E-state index contributed by atoms with van der Waals surface area (Å²) in [6.07, 6.45) is 0. The minimum Gasteiger partial charge on any atom is -0.308 e. The molecule has 0 aliphatic heterocycles. The molecule has 0 unspecified atom stereocenters. The summed E-state index contributed by atoms with van der Waals surface area (Å²) in [5, 5.41) is 10.1. The van der Waals surface area contributed by atoms with E-state index >= 15 is 0 Å². The molecule has 0 saturated carbocycles. The Hall–Kier alpha value is -7.46. The van der Waals surface area contributed by atoms with Gasteiger partial charge in [0.05, 0.1) is 22.4 Å². The average Bonchev–Trinajstić information content (AvgIpc) is 3.85. The SMILES string of the molecule is c1ccc(-c2cccc3cccc(-c4ccc(N(c5ccc6sc7ccc8ccccc8c7c6c5)c5ccccc5-n5c6ccccc6c6ccccc65)cc4)c23)cc1. The number of nitrogens with zero attached hydrogens (tertiary/aromatic N) is 2. The second-order valence-corrected chi connectivity index (χ2v) is 16.3. The van der Waals surface area contributed by atoms with Crippen LogP contribution in [0.25, 0.3) is 91.5 Å². The number of para-hydroxylation sites is 4. The number of thiophene rings is 1. The van der Waals surface area contributed by atoms with Crippen LogP contribution in [-0.2, 0) is 0 Å². The quantitative estimate of drug-likeness (QED) is 0.164. The lowest BCUT2D eigenvalue weighted by atomic mass is 9.91.